The maximum Gasteiger partial charge on any atom is 0.0821 e. The highest BCUT2D eigenvalue weighted by atomic mass is 127. The molecule has 0 saturated heterocycles. The quantitative estimate of drug-likeness (QED) is 0.827. The van der Waals surface area contributed by atoms with Crippen molar-refractivity contribution in [2.75, 3.05) is 0 Å². The van der Waals surface area contributed by atoms with Gasteiger partial charge in [0.2, 0.25) is 0 Å². The first kappa shape index (κ1) is 9.48. The molecule has 0 aliphatic carbocycles. The van der Waals surface area contributed by atoms with Crippen LogP contribution in [0.3, 0.4) is 0 Å². The van der Waals surface area contributed by atoms with Crippen LogP contribution in [0.15, 0.2) is 11.4 Å². The van der Waals surface area contributed by atoms with E-state index < -0.39 is 0 Å². The van der Waals surface area contributed by atoms with Crippen LogP contribution >= 0.6 is 33.9 Å². The smallest absolute Gasteiger partial charge is 0.0821 e. The summed E-state index contributed by atoms with van der Waals surface area (Å²) in [6.45, 7) is 4.05. The Morgan fingerprint density at radius 2 is 2.18 bits per heavy atom. The predicted molar refractivity (Wildman–Crippen MR) is 56.8 cm³/mol. The summed E-state index contributed by atoms with van der Waals surface area (Å²) in [5.74, 6) is 0.306. The number of hydrogen-bond donors (Lipinski definition) is 1. The van der Waals surface area contributed by atoms with Gasteiger partial charge in [0.1, 0.15) is 0 Å². The fourth-order valence-corrected chi connectivity index (χ4v) is 2.26. The Bertz CT molecular complexity index is 232. The van der Waals surface area contributed by atoms with E-state index in [2.05, 4.69) is 22.6 Å². The molecule has 0 amide bonds. The summed E-state index contributed by atoms with van der Waals surface area (Å²) in [7, 11) is 0. The van der Waals surface area contributed by atoms with Gasteiger partial charge in [-0.1, -0.05) is 13.8 Å². The summed E-state index contributed by atoms with van der Waals surface area (Å²) in [4.78, 5) is 0. The minimum atomic E-state index is -0.297. The van der Waals surface area contributed by atoms with Crippen LogP contribution < -0.4 is 0 Å². The van der Waals surface area contributed by atoms with Crippen LogP contribution in [0.1, 0.15) is 25.5 Å². The van der Waals surface area contributed by atoms with Crippen molar-refractivity contribution in [2.24, 2.45) is 5.92 Å². The molecular formula is C8H11IOS. The average Bonchev–Trinajstić information content (AvgIpc) is 2.34. The Balaban J connectivity index is 2.76. The number of hydrogen-bond acceptors (Lipinski definition) is 2. The highest BCUT2D eigenvalue weighted by Gasteiger charge is 2.12. The minimum Gasteiger partial charge on any atom is -0.388 e. The summed E-state index contributed by atoms with van der Waals surface area (Å²) in [6.07, 6.45) is -0.297. The van der Waals surface area contributed by atoms with Crippen LogP contribution in [0.5, 0.6) is 0 Å². The lowest BCUT2D eigenvalue weighted by Gasteiger charge is -2.11. The van der Waals surface area contributed by atoms with Crippen LogP contribution in [0.4, 0.5) is 0 Å². The lowest BCUT2D eigenvalue weighted by molar-refractivity contribution is 0.127. The van der Waals surface area contributed by atoms with Crippen LogP contribution in [0.2, 0.25) is 0 Å². The first-order chi connectivity index (χ1) is 5.11. The van der Waals surface area contributed by atoms with Gasteiger partial charge in [-0.2, -0.15) is 0 Å². The molecule has 1 N–H and O–H groups in total. The SMILES string of the molecule is CC(C)C(O)c1csc(I)c1. The Kier molecular flexibility index (Phi) is 3.33. The second kappa shape index (κ2) is 3.87. The van der Waals surface area contributed by atoms with E-state index in [-0.39, 0.29) is 6.10 Å². The number of aliphatic hydroxyl groups excluding tert-OH is 1. The molecule has 0 bridgehead atoms. The van der Waals surface area contributed by atoms with Gasteiger partial charge in [0, 0.05) is 0 Å². The second-order valence-corrected chi connectivity index (χ2v) is 5.68. The molecule has 0 aliphatic heterocycles. The second-order valence-electron chi connectivity index (χ2n) is 2.87. The fourth-order valence-electron chi connectivity index (χ4n) is 0.863. The van der Waals surface area contributed by atoms with Crippen molar-refractivity contribution in [3.8, 4) is 0 Å². The van der Waals surface area contributed by atoms with Crippen LogP contribution in [-0.4, -0.2) is 5.11 Å². The van der Waals surface area contributed by atoms with Gasteiger partial charge in [0.25, 0.3) is 0 Å². The topological polar surface area (TPSA) is 20.2 Å². The zero-order valence-corrected chi connectivity index (χ0v) is 9.52. The minimum absolute atomic E-state index is 0.297. The molecule has 0 aromatic carbocycles. The molecule has 1 rings (SSSR count). The van der Waals surface area contributed by atoms with Crippen molar-refractivity contribution in [3.05, 3.63) is 19.9 Å². The Hall–Kier alpha value is 0.390. The van der Waals surface area contributed by atoms with E-state index in [1.807, 2.05) is 25.3 Å². The average molecular weight is 282 g/mol. The van der Waals surface area contributed by atoms with Gasteiger partial charge < -0.3 is 5.11 Å². The molecule has 1 nitrogen and oxygen atoms in total. The van der Waals surface area contributed by atoms with Gasteiger partial charge in [0.15, 0.2) is 0 Å². The van der Waals surface area contributed by atoms with Crippen LogP contribution in [0.25, 0.3) is 0 Å². The molecule has 0 aliphatic rings. The lowest BCUT2D eigenvalue weighted by Crippen LogP contribution is -2.03. The van der Waals surface area contributed by atoms with Crippen molar-refractivity contribution < 1.29 is 5.11 Å². The molecule has 62 valence electrons. The Morgan fingerprint density at radius 1 is 1.55 bits per heavy atom. The Morgan fingerprint density at radius 3 is 2.55 bits per heavy atom. The lowest BCUT2D eigenvalue weighted by atomic mass is 10.0. The molecule has 0 spiro atoms. The molecule has 0 fully saturated rings. The Labute approximate surface area is 84.6 Å². The highest BCUT2D eigenvalue weighted by molar-refractivity contribution is 14.1. The highest BCUT2D eigenvalue weighted by Crippen LogP contribution is 2.26. The molecule has 3 heteroatoms. The van der Waals surface area contributed by atoms with Crippen molar-refractivity contribution in [1.29, 1.82) is 0 Å². The third-order valence-electron chi connectivity index (χ3n) is 1.56. The number of thiophene rings is 1. The summed E-state index contributed by atoms with van der Waals surface area (Å²) >= 11 is 3.94. The molecule has 0 radical (unpaired) electrons. The summed E-state index contributed by atoms with van der Waals surface area (Å²) in [5, 5.41) is 11.6. The van der Waals surface area contributed by atoms with E-state index in [0.717, 1.165) is 5.56 Å². The maximum absolute atomic E-state index is 9.61. The third kappa shape index (κ3) is 2.42. The van der Waals surface area contributed by atoms with E-state index in [9.17, 15) is 5.11 Å². The maximum atomic E-state index is 9.61. The van der Waals surface area contributed by atoms with Gasteiger partial charge in [-0.15, -0.1) is 11.3 Å². The molecule has 1 heterocycles. The number of rotatable bonds is 2. The normalized spacial score (nSPS) is 13.9. The van der Waals surface area contributed by atoms with Gasteiger partial charge in [-0.3, -0.25) is 0 Å². The molecule has 1 unspecified atom stereocenters. The molecule has 11 heavy (non-hydrogen) atoms. The molecular weight excluding hydrogens is 271 g/mol. The van der Waals surface area contributed by atoms with E-state index in [1.165, 1.54) is 2.88 Å². The molecule has 1 aromatic rings. The van der Waals surface area contributed by atoms with E-state index >= 15 is 0 Å². The van der Waals surface area contributed by atoms with E-state index in [1.54, 1.807) is 11.3 Å². The fraction of sp³-hybridized carbons (Fsp3) is 0.500. The first-order valence-electron chi connectivity index (χ1n) is 3.53. The van der Waals surface area contributed by atoms with E-state index in [4.69, 9.17) is 0 Å². The standard InChI is InChI=1S/C8H11IOS/c1-5(2)8(10)6-3-7(9)11-4-6/h3-5,8,10H,1-2H3. The monoisotopic (exact) mass is 282 g/mol. The molecule has 1 atom stereocenters. The summed E-state index contributed by atoms with van der Waals surface area (Å²) in [5.41, 5.74) is 1.05. The number of aliphatic hydroxyl groups is 1. The summed E-state index contributed by atoms with van der Waals surface area (Å²) < 4.78 is 1.23. The van der Waals surface area contributed by atoms with Crippen molar-refractivity contribution in [1.82, 2.24) is 0 Å². The molecule has 0 saturated carbocycles. The molecule has 1 aromatic heterocycles. The van der Waals surface area contributed by atoms with E-state index in [0.29, 0.717) is 5.92 Å². The van der Waals surface area contributed by atoms with Crippen LogP contribution in [-0.2, 0) is 0 Å². The van der Waals surface area contributed by atoms with Crippen LogP contribution in [0, 0.1) is 8.80 Å². The van der Waals surface area contributed by atoms with Gasteiger partial charge in [-0.05, 0) is 45.5 Å². The predicted octanol–water partition coefficient (Wildman–Crippen LogP) is 3.04. The first-order valence-corrected chi connectivity index (χ1v) is 5.49. The third-order valence-corrected chi connectivity index (χ3v) is 3.37. The largest absolute Gasteiger partial charge is 0.388 e. The van der Waals surface area contributed by atoms with Gasteiger partial charge >= 0.3 is 0 Å². The van der Waals surface area contributed by atoms with Gasteiger partial charge in [-0.25, -0.2) is 0 Å². The van der Waals surface area contributed by atoms with Crippen molar-refractivity contribution in [2.45, 2.75) is 20.0 Å². The van der Waals surface area contributed by atoms with Crippen molar-refractivity contribution >= 4 is 33.9 Å². The van der Waals surface area contributed by atoms with Gasteiger partial charge in [0.05, 0.1) is 8.99 Å². The zero-order chi connectivity index (χ0) is 8.43. The number of halogens is 1. The summed E-state index contributed by atoms with van der Waals surface area (Å²) in [6, 6.07) is 2.04. The van der Waals surface area contributed by atoms with Crippen molar-refractivity contribution in [3.63, 3.8) is 0 Å². The zero-order valence-electron chi connectivity index (χ0n) is 6.54.